The second-order valence-electron chi connectivity index (χ2n) is 3.62. The zero-order chi connectivity index (χ0) is 10.1. The molecule has 14 heavy (non-hydrogen) atoms. The third-order valence-electron chi connectivity index (χ3n) is 1.82. The van der Waals surface area contributed by atoms with Crippen LogP contribution in [0.15, 0.2) is 0 Å². The van der Waals surface area contributed by atoms with E-state index in [0.717, 1.165) is 18.8 Å². The van der Waals surface area contributed by atoms with Gasteiger partial charge in [-0.2, -0.15) is 12.6 Å². The van der Waals surface area contributed by atoms with E-state index in [1.165, 1.54) is 12.8 Å². The van der Waals surface area contributed by atoms with Gasteiger partial charge >= 0.3 is 5.97 Å². The summed E-state index contributed by atoms with van der Waals surface area (Å²) in [6.45, 7) is 5.00. The Morgan fingerprint density at radius 3 is 2.43 bits per heavy atom. The number of thiol groups is 1. The first-order valence-corrected chi connectivity index (χ1v) is 5.56. The molecule has 0 atom stereocenters. The molecule has 0 aromatic rings. The van der Waals surface area contributed by atoms with Gasteiger partial charge in [0.1, 0.15) is 0 Å². The molecule has 0 fully saturated rings. The molecule has 79 valence electrons. The van der Waals surface area contributed by atoms with Gasteiger partial charge in [-0.05, 0) is 12.3 Å². The predicted octanol–water partition coefficient (Wildman–Crippen LogP) is 2.30. The minimum Gasteiger partial charge on any atom is -0.465 e. The van der Waals surface area contributed by atoms with Crippen LogP contribution in [-0.2, 0) is 9.53 Å². The molecule has 0 spiro atoms. The van der Waals surface area contributed by atoms with Crippen LogP contribution < -0.4 is 0 Å². The van der Waals surface area contributed by atoms with Crippen molar-refractivity contribution in [1.29, 1.82) is 0 Å². The van der Waals surface area contributed by atoms with Crippen molar-refractivity contribution in [2.45, 2.75) is 39.5 Å². The molecule has 0 aromatic carbocycles. The van der Waals surface area contributed by atoms with E-state index in [2.05, 4.69) is 26.5 Å². The molecule has 0 N–H and O–H groups in total. The van der Waals surface area contributed by atoms with E-state index in [4.69, 9.17) is 4.74 Å². The average Bonchev–Trinajstić information content (AvgIpc) is 2.10. The van der Waals surface area contributed by atoms with Crippen LogP contribution in [0.4, 0.5) is 0 Å². The first-order valence-electron chi connectivity index (χ1n) is 4.93. The van der Waals surface area contributed by atoms with Gasteiger partial charge in [-0.3, -0.25) is 4.79 Å². The van der Waals surface area contributed by atoms with Crippen LogP contribution in [0.5, 0.6) is 0 Å². The molecule has 0 aliphatic heterocycles. The smallest absolute Gasteiger partial charge is 0.315 e. The number of carbonyl (C=O) groups is 1. The maximum absolute atomic E-state index is 10.7. The van der Waals surface area contributed by atoms with Crippen molar-refractivity contribution in [3.8, 4) is 0 Å². The van der Waals surface area contributed by atoms with Crippen molar-refractivity contribution >= 4 is 48.2 Å². The number of hydrogen-bond donors (Lipinski definition) is 1. The summed E-state index contributed by atoms with van der Waals surface area (Å²) < 4.78 is 4.88. The van der Waals surface area contributed by atoms with E-state index in [9.17, 15) is 4.79 Å². The molecule has 0 amide bonds. The molecule has 0 aromatic heterocycles. The summed E-state index contributed by atoms with van der Waals surface area (Å²) in [4.78, 5) is 10.7. The number of rotatable bonds is 7. The summed E-state index contributed by atoms with van der Waals surface area (Å²) in [5.74, 6) is 0.749. The van der Waals surface area contributed by atoms with E-state index in [0.29, 0.717) is 6.61 Å². The molecule has 1 radical (unpaired) electrons. The molecule has 0 rings (SSSR count). The number of carbonyl (C=O) groups excluding carboxylic acids is 1. The second kappa shape index (κ2) is 11.9. The SMILES string of the molecule is CC(C)CCCCCOC(=O)CS.[Na]. The Morgan fingerprint density at radius 2 is 1.93 bits per heavy atom. The van der Waals surface area contributed by atoms with Gasteiger partial charge in [0, 0.05) is 29.6 Å². The molecule has 0 saturated heterocycles. The van der Waals surface area contributed by atoms with E-state index < -0.39 is 0 Å². The number of hydrogen-bond acceptors (Lipinski definition) is 3. The van der Waals surface area contributed by atoms with Crippen molar-refractivity contribution in [1.82, 2.24) is 0 Å². The third-order valence-corrected chi connectivity index (χ3v) is 2.08. The molecule has 0 saturated carbocycles. The maximum atomic E-state index is 10.7. The average molecular weight is 227 g/mol. The molecule has 0 bridgehead atoms. The first kappa shape index (κ1) is 17.2. The molecular weight excluding hydrogens is 207 g/mol. The standard InChI is InChI=1S/C10H20O2S.Na/c1-9(2)6-4-3-5-7-12-10(11)8-13;/h9,13H,3-8H2,1-2H3;. The summed E-state index contributed by atoms with van der Waals surface area (Å²) in [5.41, 5.74) is 0. The van der Waals surface area contributed by atoms with Gasteiger partial charge in [0.25, 0.3) is 0 Å². The second-order valence-corrected chi connectivity index (χ2v) is 3.94. The van der Waals surface area contributed by atoms with Crippen molar-refractivity contribution < 1.29 is 9.53 Å². The maximum Gasteiger partial charge on any atom is 0.315 e. The minimum absolute atomic E-state index is 0. The van der Waals surface area contributed by atoms with Crippen molar-refractivity contribution in [2.24, 2.45) is 5.92 Å². The van der Waals surface area contributed by atoms with Crippen LogP contribution in [0.1, 0.15) is 39.5 Å². The van der Waals surface area contributed by atoms with Gasteiger partial charge in [0.15, 0.2) is 0 Å². The zero-order valence-corrected chi connectivity index (χ0v) is 12.5. The topological polar surface area (TPSA) is 26.3 Å². The fourth-order valence-corrected chi connectivity index (χ4v) is 1.15. The van der Waals surface area contributed by atoms with Crippen LogP contribution in [0.2, 0.25) is 0 Å². The Bertz CT molecular complexity index is 140. The quantitative estimate of drug-likeness (QED) is 0.312. The van der Waals surface area contributed by atoms with Gasteiger partial charge < -0.3 is 4.74 Å². The van der Waals surface area contributed by atoms with Gasteiger partial charge in [-0.1, -0.05) is 33.1 Å². The molecule has 2 nitrogen and oxygen atoms in total. The number of unbranched alkanes of at least 4 members (excludes halogenated alkanes) is 2. The van der Waals surface area contributed by atoms with Gasteiger partial charge in [-0.15, -0.1) is 0 Å². The summed E-state index contributed by atoms with van der Waals surface area (Å²) in [7, 11) is 0. The van der Waals surface area contributed by atoms with E-state index in [1.807, 2.05) is 0 Å². The van der Waals surface area contributed by atoms with Crippen LogP contribution in [0.3, 0.4) is 0 Å². The van der Waals surface area contributed by atoms with E-state index in [-0.39, 0.29) is 41.3 Å². The fraction of sp³-hybridized carbons (Fsp3) is 0.900. The Kier molecular flexibility index (Phi) is 14.6. The fourth-order valence-electron chi connectivity index (χ4n) is 1.06. The normalized spacial score (nSPS) is 9.71. The minimum atomic E-state index is -0.216. The van der Waals surface area contributed by atoms with E-state index >= 15 is 0 Å². The Hall–Kier alpha value is 0.820. The van der Waals surface area contributed by atoms with Crippen LogP contribution in [-0.4, -0.2) is 47.9 Å². The van der Waals surface area contributed by atoms with Gasteiger partial charge in [0.05, 0.1) is 12.4 Å². The Balaban J connectivity index is 0. The summed E-state index contributed by atoms with van der Waals surface area (Å²) in [6, 6.07) is 0. The van der Waals surface area contributed by atoms with Crippen LogP contribution in [0.25, 0.3) is 0 Å². The third kappa shape index (κ3) is 12.8. The molecule has 0 aliphatic rings. The summed E-state index contributed by atoms with van der Waals surface area (Å²) >= 11 is 3.81. The van der Waals surface area contributed by atoms with Crippen molar-refractivity contribution in [3.05, 3.63) is 0 Å². The Morgan fingerprint density at radius 1 is 1.29 bits per heavy atom. The Labute approximate surface area is 115 Å². The molecular formula is C10H20NaO2S. The summed E-state index contributed by atoms with van der Waals surface area (Å²) in [6.07, 6.45) is 4.63. The summed E-state index contributed by atoms with van der Waals surface area (Å²) in [5, 5.41) is 0. The van der Waals surface area contributed by atoms with Gasteiger partial charge in [-0.25, -0.2) is 0 Å². The number of esters is 1. The molecule has 0 aliphatic carbocycles. The van der Waals surface area contributed by atoms with E-state index in [1.54, 1.807) is 0 Å². The number of ether oxygens (including phenoxy) is 1. The predicted molar refractivity (Wildman–Crippen MR) is 63.9 cm³/mol. The molecule has 4 heteroatoms. The van der Waals surface area contributed by atoms with Crippen molar-refractivity contribution in [3.63, 3.8) is 0 Å². The zero-order valence-electron chi connectivity index (χ0n) is 9.58. The van der Waals surface area contributed by atoms with Gasteiger partial charge in [0.2, 0.25) is 0 Å². The molecule has 0 heterocycles. The van der Waals surface area contributed by atoms with Crippen LogP contribution >= 0.6 is 12.6 Å². The van der Waals surface area contributed by atoms with Crippen molar-refractivity contribution in [2.75, 3.05) is 12.4 Å². The largest absolute Gasteiger partial charge is 0.465 e. The molecule has 0 unspecified atom stereocenters. The first-order chi connectivity index (χ1) is 6.16. The monoisotopic (exact) mass is 227 g/mol. The van der Waals surface area contributed by atoms with Crippen LogP contribution in [0, 0.1) is 5.92 Å².